The molecule has 2 aromatic rings. The van der Waals surface area contributed by atoms with Crippen molar-refractivity contribution in [2.24, 2.45) is 17.6 Å². The first-order chi connectivity index (χ1) is 14.1. The molecule has 0 bridgehead atoms. The molecule has 0 atom stereocenters. The molecule has 0 spiro atoms. The number of benzene rings is 2. The summed E-state index contributed by atoms with van der Waals surface area (Å²) in [5.41, 5.74) is 8.13. The number of rotatable bonds is 12. The lowest BCUT2D eigenvalue weighted by Gasteiger charge is -2.37. The second-order valence-electron chi connectivity index (χ2n) is 9.98. The fraction of sp³-hybridized carbons (Fsp3) is 0.556. The van der Waals surface area contributed by atoms with Gasteiger partial charge in [0.2, 0.25) is 0 Å². The monoisotopic (exact) mass is 465 g/mol. The minimum atomic E-state index is -0.355. The van der Waals surface area contributed by atoms with E-state index in [4.69, 9.17) is 15.2 Å². The van der Waals surface area contributed by atoms with E-state index in [1.165, 1.54) is 11.1 Å². The number of hydrogen-bond acceptors (Lipinski definition) is 3. The highest BCUT2D eigenvalue weighted by atomic mass is 35.5. The largest absolute Gasteiger partial charge is 0.485 e. The Morgan fingerprint density at radius 3 is 1.91 bits per heavy atom. The highest BCUT2D eigenvalue weighted by Crippen LogP contribution is 2.31. The van der Waals surface area contributed by atoms with Gasteiger partial charge in [-0.15, -0.1) is 12.4 Å². The lowest BCUT2D eigenvalue weighted by atomic mass is 9.85. The van der Waals surface area contributed by atoms with Crippen LogP contribution in [0.25, 0.3) is 0 Å². The van der Waals surface area contributed by atoms with E-state index >= 15 is 0 Å². The SMILES string of the molecule is CC(C)CC(COCCc1ccccc1C(C)(C)N)(CC(C)C)Oc1ccccc1.Cl.O. The highest BCUT2D eigenvalue weighted by molar-refractivity contribution is 5.85. The molecule has 0 aliphatic rings. The average molecular weight is 466 g/mol. The zero-order chi connectivity index (χ0) is 22.2. The van der Waals surface area contributed by atoms with Crippen LogP contribution < -0.4 is 10.5 Å². The van der Waals surface area contributed by atoms with Crippen molar-refractivity contribution in [2.75, 3.05) is 13.2 Å². The van der Waals surface area contributed by atoms with Crippen molar-refractivity contribution >= 4 is 12.4 Å². The number of ether oxygens (including phenoxy) is 2. The molecular weight excluding hydrogens is 422 g/mol. The molecule has 4 nitrogen and oxygen atoms in total. The first-order valence-corrected chi connectivity index (χ1v) is 11.3. The summed E-state index contributed by atoms with van der Waals surface area (Å²) in [6.45, 7) is 14.4. The van der Waals surface area contributed by atoms with Gasteiger partial charge in [-0.3, -0.25) is 0 Å². The molecule has 0 fully saturated rings. The van der Waals surface area contributed by atoms with Crippen molar-refractivity contribution in [3.8, 4) is 5.75 Å². The zero-order valence-corrected chi connectivity index (χ0v) is 21.5. The highest BCUT2D eigenvalue weighted by Gasteiger charge is 2.35. The maximum Gasteiger partial charge on any atom is 0.133 e. The van der Waals surface area contributed by atoms with Crippen LogP contribution in [0.1, 0.15) is 65.5 Å². The van der Waals surface area contributed by atoms with Crippen LogP contribution in [0.4, 0.5) is 0 Å². The number of halogens is 1. The van der Waals surface area contributed by atoms with Gasteiger partial charge in [0.15, 0.2) is 0 Å². The van der Waals surface area contributed by atoms with Gasteiger partial charge in [0.25, 0.3) is 0 Å². The van der Waals surface area contributed by atoms with E-state index in [1.54, 1.807) is 0 Å². The predicted octanol–water partition coefficient (Wildman–Crippen LogP) is 5.95. The minimum Gasteiger partial charge on any atom is -0.485 e. The maximum atomic E-state index is 6.61. The van der Waals surface area contributed by atoms with Crippen molar-refractivity contribution in [1.29, 1.82) is 0 Å². The predicted molar refractivity (Wildman–Crippen MR) is 138 cm³/mol. The van der Waals surface area contributed by atoms with Crippen LogP contribution in [0.5, 0.6) is 5.75 Å². The molecule has 2 rings (SSSR count). The van der Waals surface area contributed by atoms with Crippen molar-refractivity contribution in [1.82, 2.24) is 0 Å². The fourth-order valence-electron chi connectivity index (χ4n) is 4.35. The van der Waals surface area contributed by atoms with Crippen molar-refractivity contribution in [3.63, 3.8) is 0 Å². The third-order valence-corrected chi connectivity index (χ3v) is 5.23. The Labute approximate surface area is 201 Å². The van der Waals surface area contributed by atoms with Crippen molar-refractivity contribution in [2.45, 2.75) is 71.9 Å². The third-order valence-electron chi connectivity index (χ3n) is 5.23. The van der Waals surface area contributed by atoms with E-state index in [0.717, 1.165) is 25.0 Å². The molecule has 2 aromatic carbocycles. The van der Waals surface area contributed by atoms with E-state index in [0.29, 0.717) is 25.0 Å². The van der Waals surface area contributed by atoms with Gasteiger partial charge < -0.3 is 20.7 Å². The van der Waals surface area contributed by atoms with Gasteiger partial charge in [0.05, 0.1) is 13.2 Å². The Morgan fingerprint density at radius 2 is 1.38 bits per heavy atom. The summed E-state index contributed by atoms with van der Waals surface area (Å²) in [5, 5.41) is 0. The van der Waals surface area contributed by atoms with E-state index < -0.39 is 0 Å². The van der Waals surface area contributed by atoms with Crippen LogP contribution in [0.3, 0.4) is 0 Å². The molecule has 0 aliphatic carbocycles. The van der Waals surface area contributed by atoms with Gasteiger partial charge in [0.1, 0.15) is 11.4 Å². The summed E-state index contributed by atoms with van der Waals surface area (Å²) in [5.74, 6) is 1.96. The Hall–Kier alpha value is -1.59. The second-order valence-corrected chi connectivity index (χ2v) is 9.98. The van der Waals surface area contributed by atoms with Crippen LogP contribution in [-0.4, -0.2) is 24.3 Å². The molecule has 0 heterocycles. The molecular formula is C27H44ClNO3. The van der Waals surface area contributed by atoms with Gasteiger partial charge in [-0.1, -0.05) is 70.2 Å². The number of hydrogen-bond donors (Lipinski definition) is 1. The van der Waals surface area contributed by atoms with E-state index in [9.17, 15) is 0 Å². The summed E-state index contributed by atoms with van der Waals surface area (Å²) in [7, 11) is 0. The molecule has 0 radical (unpaired) electrons. The molecule has 4 N–H and O–H groups in total. The molecule has 0 amide bonds. The van der Waals surface area contributed by atoms with Crippen LogP contribution in [-0.2, 0) is 16.7 Å². The molecule has 0 aromatic heterocycles. The average Bonchev–Trinajstić information content (AvgIpc) is 2.64. The molecule has 5 heteroatoms. The minimum absolute atomic E-state index is 0. The first-order valence-electron chi connectivity index (χ1n) is 11.3. The van der Waals surface area contributed by atoms with Gasteiger partial charge in [0, 0.05) is 5.54 Å². The maximum absolute atomic E-state index is 6.61. The van der Waals surface area contributed by atoms with Crippen molar-refractivity contribution < 1.29 is 14.9 Å². The van der Waals surface area contributed by atoms with Crippen molar-refractivity contribution in [3.05, 3.63) is 65.7 Å². The zero-order valence-electron chi connectivity index (χ0n) is 20.7. The van der Waals surface area contributed by atoms with Crippen LogP contribution in [0.2, 0.25) is 0 Å². The normalized spacial score (nSPS) is 11.8. The topological polar surface area (TPSA) is 76.0 Å². The summed E-state index contributed by atoms with van der Waals surface area (Å²) < 4.78 is 12.9. The Bertz CT molecular complexity index is 747. The molecule has 0 saturated carbocycles. The number of para-hydroxylation sites is 1. The molecule has 32 heavy (non-hydrogen) atoms. The summed E-state index contributed by atoms with van der Waals surface area (Å²) in [6, 6.07) is 18.5. The Morgan fingerprint density at radius 1 is 0.844 bits per heavy atom. The number of nitrogens with two attached hydrogens (primary N) is 1. The first kappa shape index (κ1) is 30.4. The van der Waals surface area contributed by atoms with E-state index in [1.807, 2.05) is 30.3 Å². The lowest BCUT2D eigenvalue weighted by Crippen LogP contribution is -2.44. The molecule has 182 valence electrons. The molecule has 0 unspecified atom stereocenters. The summed E-state index contributed by atoms with van der Waals surface area (Å²) in [4.78, 5) is 0. The van der Waals surface area contributed by atoms with Gasteiger partial charge >= 0.3 is 0 Å². The summed E-state index contributed by atoms with van der Waals surface area (Å²) in [6.07, 6.45) is 2.78. The smallest absolute Gasteiger partial charge is 0.133 e. The van der Waals surface area contributed by atoms with Gasteiger partial charge in [-0.25, -0.2) is 0 Å². The third kappa shape index (κ3) is 9.91. The van der Waals surface area contributed by atoms with E-state index in [-0.39, 0.29) is 29.0 Å². The summed E-state index contributed by atoms with van der Waals surface area (Å²) >= 11 is 0. The molecule has 0 aliphatic heterocycles. The fourth-order valence-corrected chi connectivity index (χ4v) is 4.35. The Balaban J connectivity index is 0.00000480. The van der Waals surface area contributed by atoms with Gasteiger partial charge in [-0.05, 0) is 68.2 Å². The van der Waals surface area contributed by atoms with Crippen LogP contribution in [0, 0.1) is 11.8 Å². The Kier molecular flexibility index (Phi) is 13.2. The van der Waals surface area contributed by atoms with Gasteiger partial charge in [-0.2, -0.15) is 0 Å². The van der Waals surface area contributed by atoms with Crippen LogP contribution in [0.15, 0.2) is 54.6 Å². The standard InChI is InChI=1S/C27H41NO2.ClH.H2O/c1-21(2)18-27(19-22(3)4,30-24-13-8-7-9-14-24)20-29-17-16-23-12-10-11-15-25(23)26(5,6)28;;/h7-15,21-22H,16-20,28H2,1-6H3;1H;1H2. The lowest BCUT2D eigenvalue weighted by molar-refractivity contribution is -0.0515. The van der Waals surface area contributed by atoms with Crippen LogP contribution >= 0.6 is 12.4 Å². The molecule has 0 saturated heterocycles. The quantitative estimate of drug-likeness (QED) is 0.393. The van der Waals surface area contributed by atoms with E-state index in [2.05, 4.69) is 65.8 Å². The second kappa shape index (κ2) is 13.8.